The van der Waals surface area contributed by atoms with E-state index in [9.17, 15) is 18.1 Å². The number of phenolic OH excluding ortho intramolecular Hbond substituents is 1. The average Bonchev–Trinajstić information content (AvgIpc) is 2.64. The molecule has 0 aromatic heterocycles. The van der Waals surface area contributed by atoms with Gasteiger partial charge in [-0.05, 0) is 36.4 Å². The van der Waals surface area contributed by atoms with Gasteiger partial charge in [0.1, 0.15) is 27.9 Å². The maximum atomic E-state index is 10.3. The Morgan fingerprint density at radius 3 is 1.81 bits per heavy atom. The summed E-state index contributed by atoms with van der Waals surface area (Å²) in [7, 11) is -4.06. The van der Waals surface area contributed by atoms with Gasteiger partial charge in [0.25, 0.3) is 0 Å². The van der Waals surface area contributed by atoms with Gasteiger partial charge in [-0.15, -0.1) is 0 Å². The van der Waals surface area contributed by atoms with Crippen molar-refractivity contribution >= 4 is 21.0 Å². The van der Waals surface area contributed by atoms with E-state index in [1.54, 1.807) is 18.2 Å². The molecule has 0 amide bonds. The molecule has 0 heterocycles. The normalized spacial score (nSPS) is 11.9. The highest BCUT2D eigenvalue weighted by Crippen LogP contribution is 2.19. The van der Waals surface area contributed by atoms with Crippen molar-refractivity contribution in [2.45, 2.75) is 15.5 Å². The van der Waals surface area contributed by atoms with Gasteiger partial charge >= 0.3 is 0 Å². The summed E-state index contributed by atoms with van der Waals surface area (Å²) in [5.41, 5.74) is 1.36. The van der Waals surface area contributed by atoms with Gasteiger partial charge in [-0.25, -0.2) is 8.42 Å². The molecule has 0 spiro atoms. The molecule has 26 heavy (non-hydrogen) atoms. The zero-order chi connectivity index (χ0) is 19.0. The molecule has 1 unspecified atom stereocenters. The number of hydrogen-bond acceptors (Lipinski definition) is 4. The molecule has 3 aromatic carbocycles. The Hall–Kier alpha value is -2.28. The Morgan fingerprint density at radius 2 is 1.35 bits per heavy atom. The van der Waals surface area contributed by atoms with Gasteiger partial charge in [0, 0.05) is 16.5 Å². The lowest BCUT2D eigenvalue weighted by atomic mass is 10.2. The molecule has 1 atom stereocenters. The summed E-state index contributed by atoms with van der Waals surface area (Å²) in [6.07, 6.45) is 2.24. The highest BCUT2D eigenvalue weighted by Gasteiger charge is 2.15. The van der Waals surface area contributed by atoms with Crippen LogP contribution in [0, 0.1) is 0 Å². The molecule has 0 saturated heterocycles. The molecule has 0 fully saturated rings. The molecule has 0 aliphatic rings. The molecule has 4 nitrogen and oxygen atoms in total. The van der Waals surface area contributed by atoms with Crippen molar-refractivity contribution in [3.05, 3.63) is 90.5 Å². The van der Waals surface area contributed by atoms with Crippen LogP contribution >= 0.6 is 0 Å². The molecule has 1 N–H and O–H groups in total. The molecule has 6 heteroatoms. The second-order valence-corrected chi connectivity index (χ2v) is 8.94. The molecular weight excluding hydrogens is 368 g/mol. The van der Waals surface area contributed by atoms with Crippen LogP contribution in [0.3, 0.4) is 0 Å². The van der Waals surface area contributed by atoms with Crippen molar-refractivity contribution < 1.29 is 18.1 Å². The lowest BCUT2D eigenvalue weighted by molar-refractivity contribution is 0.463. The average molecular weight is 389 g/mol. The van der Waals surface area contributed by atoms with E-state index in [-0.39, 0.29) is 15.8 Å². The second-order valence-electron chi connectivity index (χ2n) is 5.53. The first-order valence-corrected chi connectivity index (χ1v) is 11.0. The van der Waals surface area contributed by atoms with Crippen LogP contribution in [0.1, 0.15) is 5.56 Å². The Labute approximate surface area is 157 Å². The van der Waals surface area contributed by atoms with Crippen molar-refractivity contribution in [3.63, 3.8) is 0 Å². The first-order valence-electron chi connectivity index (χ1n) is 7.83. The minimum Gasteiger partial charge on any atom is -0.744 e. The number of benzene rings is 3. The first-order chi connectivity index (χ1) is 12.4. The monoisotopic (exact) mass is 388 g/mol. The predicted molar refractivity (Wildman–Crippen MR) is 104 cm³/mol. The Kier molecular flexibility index (Phi) is 7.26. The van der Waals surface area contributed by atoms with Crippen LogP contribution in [0.25, 0.3) is 0 Å². The summed E-state index contributed by atoms with van der Waals surface area (Å²) in [6, 6.07) is 25.2. The fourth-order valence-electron chi connectivity index (χ4n) is 2.17. The summed E-state index contributed by atoms with van der Waals surface area (Å²) < 4.78 is 30.8. The lowest BCUT2D eigenvalue weighted by Gasteiger charge is -2.04. The van der Waals surface area contributed by atoms with Crippen LogP contribution < -0.4 is 0 Å². The minimum atomic E-state index is -4.25. The molecule has 0 bridgehead atoms. The maximum absolute atomic E-state index is 10.3. The first kappa shape index (κ1) is 20.0. The van der Waals surface area contributed by atoms with E-state index in [4.69, 9.17) is 0 Å². The summed E-state index contributed by atoms with van der Waals surface area (Å²) in [5.74, 6) is 1.39. The minimum absolute atomic E-state index is 0.185. The summed E-state index contributed by atoms with van der Waals surface area (Å²) in [6.45, 7) is 0. The van der Waals surface area contributed by atoms with E-state index in [0.29, 0.717) is 5.75 Å². The van der Waals surface area contributed by atoms with E-state index in [1.807, 2.05) is 18.2 Å². The van der Waals surface area contributed by atoms with E-state index in [0.717, 1.165) is 5.75 Å². The van der Waals surface area contributed by atoms with E-state index < -0.39 is 10.1 Å². The fourth-order valence-corrected chi connectivity index (χ4v) is 4.12. The molecule has 3 rings (SSSR count). The van der Waals surface area contributed by atoms with Gasteiger partial charge in [-0.2, -0.15) is 0 Å². The van der Waals surface area contributed by atoms with E-state index in [2.05, 4.69) is 30.5 Å². The number of phenols is 1. The summed E-state index contributed by atoms with van der Waals surface area (Å²) in [5, 5.41) is 9.23. The highest BCUT2D eigenvalue weighted by atomic mass is 32.2. The van der Waals surface area contributed by atoms with Gasteiger partial charge < -0.3 is 9.66 Å². The molecular formula is C20H20O4S2. The third kappa shape index (κ3) is 6.55. The largest absolute Gasteiger partial charge is 0.744 e. The second kappa shape index (κ2) is 9.43. The topological polar surface area (TPSA) is 77.4 Å². The number of rotatable bonds is 4. The Balaban J connectivity index is 0.000000209. The van der Waals surface area contributed by atoms with Crippen molar-refractivity contribution in [1.82, 2.24) is 0 Å². The number of aromatic hydroxyl groups is 1. The van der Waals surface area contributed by atoms with Crippen LogP contribution in [0.5, 0.6) is 5.75 Å². The van der Waals surface area contributed by atoms with E-state index >= 15 is 0 Å². The van der Waals surface area contributed by atoms with Crippen LogP contribution in [0.2, 0.25) is 0 Å². The van der Waals surface area contributed by atoms with Crippen molar-refractivity contribution in [2.75, 3.05) is 6.26 Å². The van der Waals surface area contributed by atoms with Gasteiger partial charge in [0.05, 0.1) is 4.90 Å². The van der Waals surface area contributed by atoms with Gasteiger partial charge in [-0.3, -0.25) is 0 Å². The predicted octanol–water partition coefficient (Wildman–Crippen LogP) is 3.79. The number of hydrogen-bond donors (Lipinski definition) is 1. The smallest absolute Gasteiger partial charge is 0.155 e. The standard InChI is InChI=1S/C14H14OS.C6H6O3S/c1-16(11-12-5-3-2-4-6-12)14-9-7-13(15)8-10-14;7-10(8,9)6-4-2-1-3-5-6/h2-10H,11H2,1H3;1-5H,(H,7,8,9). The highest BCUT2D eigenvalue weighted by molar-refractivity contribution is 7.95. The molecule has 136 valence electrons. The molecule has 3 aromatic rings. The summed E-state index contributed by atoms with van der Waals surface area (Å²) in [4.78, 5) is 1.11. The van der Waals surface area contributed by atoms with Crippen molar-refractivity contribution in [2.24, 2.45) is 0 Å². The van der Waals surface area contributed by atoms with Crippen molar-refractivity contribution in [1.29, 1.82) is 0 Å². The van der Waals surface area contributed by atoms with Crippen LogP contribution in [-0.2, 0) is 26.8 Å². The molecule has 0 aliphatic carbocycles. The molecule has 0 saturated carbocycles. The van der Waals surface area contributed by atoms with Crippen LogP contribution in [0.15, 0.2) is 94.7 Å². The summed E-state index contributed by atoms with van der Waals surface area (Å²) >= 11 is 0. The van der Waals surface area contributed by atoms with Crippen molar-refractivity contribution in [3.8, 4) is 5.75 Å². The van der Waals surface area contributed by atoms with Crippen LogP contribution in [0.4, 0.5) is 0 Å². The molecule has 0 radical (unpaired) electrons. The zero-order valence-corrected chi connectivity index (χ0v) is 15.9. The zero-order valence-electron chi connectivity index (χ0n) is 14.3. The Morgan fingerprint density at radius 1 is 0.846 bits per heavy atom. The Bertz CT molecular complexity index is 894. The van der Waals surface area contributed by atoms with Gasteiger partial charge in [-0.1, -0.05) is 48.5 Å². The van der Waals surface area contributed by atoms with Gasteiger partial charge in [0.2, 0.25) is 0 Å². The SMILES string of the molecule is C[S+](Cc1ccccc1)c1ccc(O)cc1.O=S(=O)([O-])c1ccccc1. The fraction of sp³-hybridized carbons (Fsp3) is 0.100. The van der Waals surface area contributed by atoms with Crippen LogP contribution in [-0.4, -0.2) is 24.3 Å². The third-order valence-electron chi connectivity index (χ3n) is 3.50. The van der Waals surface area contributed by atoms with E-state index in [1.165, 1.54) is 34.7 Å². The quantitative estimate of drug-likeness (QED) is 0.545. The maximum Gasteiger partial charge on any atom is 0.155 e. The molecule has 0 aliphatic heterocycles. The third-order valence-corrected chi connectivity index (χ3v) is 6.19. The lowest BCUT2D eigenvalue weighted by Crippen LogP contribution is -2.03. The van der Waals surface area contributed by atoms with Gasteiger partial charge in [0.15, 0.2) is 4.90 Å².